The van der Waals surface area contributed by atoms with Crippen molar-refractivity contribution in [2.75, 3.05) is 13.1 Å². The molecule has 168 valence electrons. The molecule has 0 spiro atoms. The average molecular weight is 453 g/mol. The summed E-state index contributed by atoms with van der Waals surface area (Å²) >= 11 is 0. The molecule has 1 unspecified atom stereocenters. The van der Waals surface area contributed by atoms with Gasteiger partial charge in [0.15, 0.2) is 0 Å². The van der Waals surface area contributed by atoms with E-state index in [1.165, 1.54) is 16.4 Å². The van der Waals surface area contributed by atoms with Gasteiger partial charge in [-0.1, -0.05) is 24.3 Å². The van der Waals surface area contributed by atoms with Crippen LogP contribution in [0.5, 0.6) is 5.75 Å². The van der Waals surface area contributed by atoms with Gasteiger partial charge in [-0.15, -0.1) is 0 Å². The predicted molar refractivity (Wildman–Crippen MR) is 112 cm³/mol. The van der Waals surface area contributed by atoms with Crippen LogP contribution in [0.1, 0.15) is 43.4 Å². The fraction of sp³-hybridized carbons (Fsp3) is 0.409. The number of sulfonamides is 1. The van der Waals surface area contributed by atoms with Gasteiger partial charge < -0.3 is 10.1 Å². The van der Waals surface area contributed by atoms with Crippen LogP contribution >= 0.6 is 0 Å². The van der Waals surface area contributed by atoms with Crippen LogP contribution in [0.15, 0.2) is 53.4 Å². The molecule has 0 aromatic heterocycles. The summed E-state index contributed by atoms with van der Waals surface area (Å²) in [5.41, 5.74) is 1.51. The molecule has 1 aliphatic heterocycles. The molecule has 1 N–H and O–H groups in total. The summed E-state index contributed by atoms with van der Waals surface area (Å²) in [6, 6.07) is 12.5. The van der Waals surface area contributed by atoms with E-state index in [-0.39, 0.29) is 29.0 Å². The average Bonchev–Trinajstić information content (AvgIpc) is 3.28. The number of rotatable bonds is 9. The minimum atomic E-state index is -3.45. The van der Waals surface area contributed by atoms with Gasteiger partial charge in [0.1, 0.15) is 5.75 Å². The molecule has 0 saturated carbocycles. The van der Waals surface area contributed by atoms with Crippen molar-refractivity contribution in [1.29, 1.82) is 0 Å². The van der Waals surface area contributed by atoms with E-state index in [0.717, 1.165) is 18.4 Å². The number of ether oxygens (including phenoxy) is 1. The first-order valence-electron chi connectivity index (χ1n) is 10.2. The van der Waals surface area contributed by atoms with Crippen molar-refractivity contribution in [3.05, 3.63) is 59.7 Å². The van der Waals surface area contributed by atoms with E-state index in [9.17, 15) is 22.0 Å². The Balaban J connectivity index is 1.52. The molecule has 1 fully saturated rings. The molecule has 6 nitrogen and oxygen atoms in total. The smallest absolute Gasteiger partial charge is 0.387 e. The first-order valence-corrected chi connectivity index (χ1v) is 11.6. The van der Waals surface area contributed by atoms with Crippen molar-refractivity contribution in [3.8, 4) is 5.75 Å². The Labute approximate surface area is 181 Å². The molecule has 0 aliphatic carbocycles. The summed E-state index contributed by atoms with van der Waals surface area (Å²) in [4.78, 5) is 12.6. The molecule has 1 saturated heterocycles. The second-order valence-electron chi connectivity index (χ2n) is 7.50. The third-order valence-electron chi connectivity index (χ3n) is 5.23. The van der Waals surface area contributed by atoms with E-state index in [0.29, 0.717) is 25.1 Å². The second kappa shape index (κ2) is 10.2. The van der Waals surface area contributed by atoms with Crippen LogP contribution in [0.2, 0.25) is 0 Å². The van der Waals surface area contributed by atoms with Gasteiger partial charge in [0.05, 0.1) is 10.9 Å². The highest BCUT2D eigenvalue weighted by Gasteiger charge is 2.26. The Morgan fingerprint density at radius 2 is 1.81 bits per heavy atom. The third-order valence-corrected chi connectivity index (χ3v) is 7.14. The summed E-state index contributed by atoms with van der Waals surface area (Å²) in [5, 5.41) is 2.84. The number of hydrogen-bond acceptors (Lipinski definition) is 4. The Morgan fingerprint density at radius 3 is 2.45 bits per heavy atom. The predicted octanol–water partition coefficient (Wildman–Crippen LogP) is 3.88. The maximum atomic E-state index is 12.6. The number of amides is 1. The molecule has 1 amide bonds. The largest absolute Gasteiger partial charge is 0.435 e. The van der Waals surface area contributed by atoms with Crippen LogP contribution in [0, 0.1) is 0 Å². The van der Waals surface area contributed by atoms with E-state index in [1.807, 2.05) is 0 Å². The maximum Gasteiger partial charge on any atom is 0.387 e. The molecule has 3 rings (SSSR count). The molecule has 2 aromatic rings. The van der Waals surface area contributed by atoms with Crippen molar-refractivity contribution in [3.63, 3.8) is 0 Å². The number of nitrogens with zero attached hydrogens (tertiary/aromatic N) is 1. The standard InChI is InChI=1S/C22H26F2N2O4S/c1-16(18-5-4-6-19(15-18)30-22(23)24)25-21(27)12-9-17-7-10-20(11-8-17)31(28,29)26-13-2-3-14-26/h4-8,10-11,15-16,22H,2-3,9,12-14H2,1H3,(H,25,27). The number of carbonyl (C=O) groups excluding carboxylic acids is 1. The second-order valence-corrected chi connectivity index (χ2v) is 9.43. The fourth-order valence-electron chi connectivity index (χ4n) is 3.52. The lowest BCUT2D eigenvalue weighted by Gasteiger charge is -2.16. The van der Waals surface area contributed by atoms with Crippen LogP contribution in [-0.4, -0.2) is 38.3 Å². The van der Waals surface area contributed by atoms with Gasteiger partial charge in [-0.2, -0.15) is 13.1 Å². The van der Waals surface area contributed by atoms with Gasteiger partial charge in [-0.3, -0.25) is 4.79 Å². The zero-order valence-electron chi connectivity index (χ0n) is 17.3. The molecular formula is C22H26F2N2O4S. The number of hydrogen-bond donors (Lipinski definition) is 1. The Kier molecular flexibility index (Phi) is 7.61. The molecular weight excluding hydrogens is 426 g/mol. The summed E-state index contributed by atoms with van der Waals surface area (Å²) in [5.74, 6) is -0.154. The highest BCUT2D eigenvalue weighted by molar-refractivity contribution is 7.89. The zero-order valence-corrected chi connectivity index (χ0v) is 18.1. The Bertz CT molecular complexity index is 991. The fourth-order valence-corrected chi connectivity index (χ4v) is 5.04. The van der Waals surface area contributed by atoms with Crippen molar-refractivity contribution in [2.24, 2.45) is 0 Å². The Hall–Kier alpha value is -2.52. The molecule has 2 aromatic carbocycles. The highest BCUT2D eigenvalue weighted by Crippen LogP contribution is 2.22. The van der Waals surface area contributed by atoms with Crippen LogP contribution in [0.3, 0.4) is 0 Å². The summed E-state index contributed by atoms with van der Waals surface area (Å²) in [6.07, 6.45) is 2.44. The number of alkyl halides is 2. The van der Waals surface area contributed by atoms with Crippen molar-refractivity contribution in [2.45, 2.75) is 50.2 Å². The first kappa shape index (κ1) is 23.1. The van der Waals surface area contributed by atoms with Crippen molar-refractivity contribution >= 4 is 15.9 Å². The van der Waals surface area contributed by atoms with E-state index in [1.54, 1.807) is 43.3 Å². The topological polar surface area (TPSA) is 75.7 Å². The van der Waals surface area contributed by atoms with Gasteiger partial charge in [-0.05, 0) is 61.6 Å². The number of aryl methyl sites for hydroxylation is 1. The SMILES string of the molecule is CC(NC(=O)CCc1ccc(S(=O)(=O)N2CCCC2)cc1)c1cccc(OC(F)F)c1. The lowest BCUT2D eigenvalue weighted by molar-refractivity contribution is -0.121. The van der Waals surface area contributed by atoms with Gasteiger partial charge in [0, 0.05) is 19.5 Å². The lowest BCUT2D eigenvalue weighted by atomic mass is 10.1. The highest BCUT2D eigenvalue weighted by atomic mass is 32.2. The molecule has 1 aliphatic rings. The Morgan fingerprint density at radius 1 is 1.13 bits per heavy atom. The zero-order chi connectivity index (χ0) is 22.4. The number of halogens is 2. The van der Waals surface area contributed by atoms with Gasteiger partial charge in [0.2, 0.25) is 15.9 Å². The minimum absolute atomic E-state index is 0.0394. The van der Waals surface area contributed by atoms with E-state index in [2.05, 4.69) is 10.1 Å². The summed E-state index contributed by atoms with van der Waals surface area (Å²) < 4.78 is 55.7. The van der Waals surface area contributed by atoms with Gasteiger partial charge >= 0.3 is 6.61 Å². The molecule has 31 heavy (non-hydrogen) atoms. The van der Waals surface area contributed by atoms with Crippen LogP contribution in [0.25, 0.3) is 0 Å². The third kappa shape index (κ3) is 6.24. The van der Waals surface area contributed by atoms with Crippen molar-refractivity contribution in [1.82, 2.24) is 9.62 Å². The number of benzene rings is 2. The first-order chi connectivity index (χ1) is 14.8. The van der Waals surface area contributed by atoms with Gasteiger partial charge in [-0.25, -0.2) is 8.42 Å². The van der Waals surface area contributed by atoms with Gasteiger partial charge in [0.25, 0.3) is 0 Å². The normalized spacial score (nSPS) is 15.7. The molecule has 1 atom stereocenters. The number of carbonyl (C=O) groups is 1. The molecule has 0 radical (unpaired) electrons. The lowest BCUT2D eigenvalue weighted by Crippen LogP contribution is -2.28. The summed E-state index contributed by atoms with van der Waals surface area (Å²) in [7, 11) is -3.45. The van der Waals surface area contributed by atoms with Crippen LogP contribution in [-0.2, 0) is 21.2 Å². The minimum Gasteiger partial charge on any atom is -0.435 e. The van der Waals surface area contributed by atoms with Crippen molar-refractivity contribution < 1.29 is 26.7 Å². The maximum absolute atomic E-state index is 12.6. The molecule has 9 heteroatoms. The van der Waals surface area contributed by atoms with E-state index >= 15 is 0 Å². The quantitative estimate of drug-likeness (QED) is 0.627. The monoisotopic (exact) mass is 452 g/mol. The van der Waals surface area contributed by atoms with Crippen LogP contribution in [0.4, 0.5) is 8.78 Å². The molecule has 0 bridgehead atoms. The van der Waals surface area contributed by atoms with E-state index < -0.39 is 16.6 Å². The number of nitrogens with one attached hydrogen (secondary N) is 1. The van der Waals surface area contributed by atoms with Crippen LogP contribution < -0.4 is 10.1 Å². The summed E-state index contributed by atoms with van der Waals surface area (Å²) in [6.45, 7) is -0.0340. The van der Waals surface area contributed by atoms with E-state index in [4.69, 9.17) is 0 Å². The molecule has 1 heterocycles.